The fraction of sp³-hybridized carbons (Fsp3) is 0.733. The zero-order valence-electron chi connectivity index (χ0n) is 13.7. The van der Waals surface area contributed by atoms with Crippen molar-refractivity contribution >= 4 is 12.6 Å². The van der Waals surface area contributed by atoms with Crippen molar-refractivity contribution < 1.29 is 18.8 Å². The first-order valence-electron chi connectivity index (χ1n) is 7.75. The minimum atomic E-state index is -0.442. The molecule has 0 amide bonds. The van der Waals surface area contributed by atoms with Gasteiger partial charge in [0.1, 0.15) is 0 Å². The summed E-state index contributed by atoms with van der Waals surface area (Å²) in [5, 5.41) is 0. The van der Waals surface area contributed by atoms with Crippen molar-refractivity contribution in [3.05, 3.63) is 12.4 Å². The highest BCUT2D eigenvalue weighted by Crippen LogP contribution is 2.36. The zero-order chi connectivity index (χ0) is 15.8. The molecule has 2 aliphatic heterocycles. The van der Waals surface area contributed by atoms with Crippen LogP contribution in [0.2, 0.25) is 0 Å². The van der Waals surface area contributed by atoms with Crippen molar-refractivity contribution in [3.8, 4) is 6.01 Å². The van der Waals surface area contributed by atoms with E-state index in [1.165, 1.54) is 0 Å². The normalized spacial score (nSPS) is 26.4. The van der Waals surface area contributed by atoms with Crippen LogP contribution in [0.25, 0.3) is 0 Å². The monoisotopic (exact) mass is 306 g/mol. The molecule has 0 radical (unpaired) electrons. The lowest BCUT2D eigenvalue weighted by Gasteiger charge is -2.32. The lowest BCUT2D eigenvalue weighted by molar-refractivity contribution is 0.00578. The van der Waals surface area contributed by atoms with Gasteiger partial charge in [-0.05, 0) is 34.1 Å². The lowest BCUT2D eigenvalue weighted by Crippen LogP contribution is -2.41. The molecule has 120 valence electrons. The third-order valence-corrected chi connectivity index (χ3v) is 4.65. The standard InChI is InChI=1S/C15H23BN2O4/c1-14(2)15(3,4)22-16(21-14)12-7-17-13(18-8-12)20-10-11-5-6-19-9-11/h7-8,11H,5-6,9-10H2,1-4H3. The van der Waals surface area contributed by atoms with Gasteiger partial charge in [-0.15, -0.1) is 0 Å². The summed E-state index contributed by atoms with van der Waals surface area (Å²) in [5.41, 5.74) is 0.0696. The molecule has 22 heavy (non-hydrogen) atoms. The third-order valence-electron chi connectivity index (χ3n) is 4.65. The molecule has 2 aliphatic rings. The molecular formula is C15H23BN2O4. The molecule has 0 N–H and O–H groups in total. The molecule has 0 saturated carbocycles. The molecule has 2 saturated heterocycles. The smallest absolute Gasteiger partial charge is 0.463 e. The summed E-state index contributed by atoms with van der Waals surface area (Å²) < 4.78 is 22.9. The molecule has 1 unspecified atom stereocenters. The Bertz CT molecular complexity index is 499. The molecule has 0 aliphatic carbocycles. The van der Waals surface area contributed by atoms with Crippen LogP contribution in [0.5, 0.6) is 6.01 Å². The van der Waals surface area contributed by atoms with Crippen molar-refractivity contribution in [2.24, 2.45) is 5.92 Å². The van der Waals surface area contributed by atoms with Crippen LogP contribution >= 0.6 is 0 Å². The van der Waals surface area contributed by atoms with Gasteiger partial charge >= 0.3 is 13.1 Å². The SMILES string of the molecule is CC1(C)OB(c2cnc(OCC3CCOC3)nc2)OC1(C)C. The molecule has 0 spiro atoms. The van der Waals surface area contributed by atoms with E-state index in [9.17, 15) is 0 Å². The number of ether oxygens (including phenoxy) is 2. The van der Waals surface area contributed by atoms with Gasteiger partial charge in [0, 0.05) is 30.4 Å². The predicted molar refractivity (Wildman–Crippen MR) is 82.2 cm³/mol. The molecular weight excluding hydrogens is 283 g/mol. The molecule has 1 aromatic heterocycles. The summed E-state index contributed by atoms with van der Waals surface area (Å²) in [6.07, 6.45) is 4.44. The topological polar surface area (TPSA) is 62.7 Å². The average molecular weight is 306 g/mol. The van der Waals surface area contributed by atoms with Gasteiger partial charge < -0.3 is 18.8 Å². The van der Waals surface area contributed by atoms with Gasteiger partial charge in [0.2, 0.25) is 0 Å². The van der Waals surface area contributed by atoms with Crippen LogP contribution < -0.4 is 10.2 Å². The summed E-state index contributed by atoms with van der Waals surface area (Å²) in [4.78, 5) is 8.49. The molecule has 2 fully saturated rings. The fourth-order valence-corrected chi connectivity index (χ4v) is 2.41. The summed E-state index contributed by atoms with van der Waals surface area (Å²) in [7, 11) is -0.442. The molecule has 1 aromatic rings. The van der Waals surface area contributed by atoms with Crippen LogP contribution in [0.1, 0.15) is 34.1 Å². The maximum absolute atomic E-state index is 5.97. The summed E-state index contributed by atoms with van der Waals surface area (Å²) in [6, 6.07) is 0.382. The highest BCUT2D eigenvalue weighted by Gasteiger charge is 2.51. The van der Waals surface area contributed by atoms with Crippen molar-refractivity contribution in [2.45, 2.75) is 45.3 Å². The summed E-state index contributed by atoms with van der Waals surface area (Å²) in [5.74, 6) is 0.436. The van der Waals surface area contributed by atoms with Crippen LogP contribution in [-0.4, -0.2) is 48.1 Å². The van der Waals surface area contributed by atoms with Gasteiger partial charge in [0.25, 0.3) is 0 Å². The Balaban J connectivity index is 1.60. The van der Waals surface area contributed by atoms with Gasteiger partial charge in [0.15, 0.2) is 0 Å². The van der Waals surface area contributed by atoms with Crippen LogP contribution in [0.4, 0.5) is 0 Å². The Morgan fingerprint density at radius 1 is 1.18 bits per heavy atom. The van der Waals surface area contributed by atoms with Crippen molar-refractivity contribution in [1.29, 1.82) is 0 Å². The number of aromatic nitrogens is 2. The van der Waals surface area contributed by atoms with E-state index in [1.807, 2.05) is 27.7 Å². The maximum atomic E-state index is 5.97. The van der Waals surface area contributed by atoms with Crippen molar-refractivity contribution in [2.75, 3.05) is 19.8 Å². The van der Waals surface area contributed by atoms with Gasteiger partial charge in [-0.25, -0.2) is 9.97 Å². The molecule has 6 nitrogen and oxygen atoms in total. The second kappa shape index (κ2) is 5.79. The van der Waals surface area contributed by atoms with Crippen LogP contribution in [0, 0.1) is 5.92 Å². The van der Waals surface area contributed by atoms with Gasteiger partial charge in [0.05, 0.1) is 24.4 Å². The van der Waals surface area contributed by atoms with E-state index in [-0.39, 0.29) is 11.2 Å². The first kappa shape index (κ1) is 15.7. The minimum Gasteiger partial charge on any atom is -0.463 e. The molecule has 7 heteroatoms. The van der Waals surface area contributed by atoms with E-state index in [0.717, 1.165) is 25.1 Å². The van der Waals surface area contributed by atoms with Crippen molar-refractivity contribution in [1.82, 2.24) is 9.97 Å². The molecule has 0 aromatic carbocycles. The second-order valence-corrected chi connectivity index (χ2v) is 6.93. The zero-order valence-corrected chi connectivity index (χ0v) is 13.7. The van der Waals surface area contributed by atoms with Crippen molar-refractivity contribution in [3.63, 3.8) is 0 Å². The van der Waals surface area contributed by atoms with E-state index in [0.29, 0.717) is 18.5 Å². The predicted octanol–water partition coefficient (Wildman–Crippen LogP) is 1.19. The Labute approximate surface area is 131 Å². The molecule has 1 atom stereocenters. The van der Waals surface area contributed by atoms with Gasteiger partial charge in [-0.2, -0.15) is 0 Å². The Morgan fingerprint density at radius 3 is 2.36 bits per heavy atom. The number of hydrogen-bond acceptors (Lipinski definition) is 6. The average Bonchev–Trinajstić information content (AvgIpc) is 3.04. The van der Waals surface area contributed by atoms with E-state index in [1.54, 1.807) is 12.4 Å². The second-order valence-electron chi connectivity index (χ2n) is 6.93. The Hall–Kier alpha value is -1.18. The summed E-state index contributed by atoms with van der Waals surface area (Å²) in [6.45, 7) is 10.3. The quantitative estimate of drug-likeness (QED) is 0.779. The Kier molecular flexibility index (Phi) is 4.14. The van der Waals surface area contributed by atoms with E-state index in [2.05, 4.69) is 9.97 Å². The Morgan fingerprint density at radius 2 is 1.82 bits per heavy atom. The molecule has 0 bridgehead atoms. The van der Waals surface area contributed by atoms with E-state index in [4.69, 9.17) is 18.8 Å². The minimum absolute atomic E-state index is 0.366. The fourth-order valence-electron chi connectivity index (χ4n) is 2.41. The number of hydrogen-bond donors (Lipinski definition) is 0. The van der Waals surface area contributed by atoms with Gasteiger partial charge in [-0.1, -0.05) is 0 Å². The number of rotatable bonds is 4. The molecule has 3 rings (SSSR count). The number of nitrogens with zero attached hydrogens (tertiary/aromatic N) is 2. The lowest BCUT2D eigenvalue weighted by atomic mass is 9.81. The van der Waals surface area contributed by atoms with Crippen LogP contribution in [-0.2, 0) is 14.0 Å². The third kappa shape index (κ3) is 3.11. The first-order valence-corrected chi connectivity index (χ1v) is 7.75. The highest BCUT2D eigenvalue weighted by molar-refractivity contribution is 6.61. The molecule has 3 heterocycles. The van der Waals surface area contributed by atoms with Crippen LogP contribution in [0.3, 0.4) is 0 Å². The van der Waals surface area contributed by atoms with E-state index < -0.39 is 7.12 Å². The largest absolute Gasteiger partial charge is 0.498 e. The van der Waals surface area contributed by atoms with Gasteiger partial charge in [-0.3, -0.25) is 0 Å². The maximum Gasteiger partial charge on any atom is 0.498 e. The van der Waals surface area contributed by atoms with E-state index >= 15 is 0 Å². The van der Waals surface area contributed by atoms with Crippen LogP contribution in [0.15, 0.2) is 12.4 Å². The highest BCUT2D eigenvalue weighted by atomic mass is 16.7. The summed E-state index contributed by atoms with van der Waals surface area (Å²) >= 11 is 0. The first-order chi connectivity index (χ1) is 10.4.